The van der Waals surface area contributed by atoms with Gasteiger partial charge < -0.3 is 14.0 Å². The van der Waals surface area contributed by atoms with Gasteiger partial charge in [0.05, 0.1) is 12.7 Å². The minimum atomic E-state index is -4.77. The molecule has 0 amide bonds. The average Bonchev–Trinajstić information content (AvgIpc) is 3.39. The molecule has 0 N–H and O–H groups in total. The first-order chi connectivity index (χ1) is 14.4. The number of hydrogen-bond acceptors (Lipinski definition) is 4. The van der Waals surface area contributed by atoms with Crippen molar-refractivity contribution in [2.75, 3.05) is 0 Å². The number of halogens is 3. The van der Waals surface area contributed by atoms with Crippen molar-refractivity contribution >= 4 is 0 Å². The van der Waals surface area contributed by atoms with Crippen molar-refractivity contribution in [2.45, 2.75) is 70.4 Å². The summed E-state index contributed by atoms with van der Waals surface area (Å²) in [5.41, 5.74) is 1.44. The summed E-state index contributed by atoms with van der Waals surface area (Å²) in [5.74, 6) is 2.96. The third-order valence-electron chi connectivity index (χ3n) is 6.91. The van der Waals surface area contributed by atoms with Gasteiger partial charge in [0.15, 0.2) is 0 Å². The van der Waals surface area contributed by atoms with E-state index in [1.165, 1.54) is 25.0 Å². The molecule has 162 valence electrons. The van der Waals surface area contributed by atoms with Crippen molar-refractivity contribution in [2.24, 2.45) is 17.8 Å². The van der Waals surface area contributed by atoms with Crippen molar-refractivity contribution in [1.29, 1.82) is 0 Å². The molecule has 0 spiro atoms. The van der Waals surface area contributed by atoms with E-state index in [9.17, 15) is 13.2 Å². The SMILES string of the molecule is C[C@@H]1CC2C[C@@H](OCc3c(-c4ccccc4OC(F)(F)F)noc3C3CC3)C[C@@H]1C2. The van der Waals surface area contributed by atoms with Gasteiger partial charge in [-0.2, -0.15) is 0 Å². The van der Waals surface area contributed by atoms with Crippen LogP contribution in [0.4, 0.5) is 13.2 Å². The molecule has 4 nitrogen and oxygen atoms in total. The fourth-order valence-corrected chi connectivity index (χ4v) is 5.35. The molecule has 0 saturated heterocycles. The maximum absolute atomic E-state index is 12.9. The summed E-state index contributed by atoms with van der Waals surface area (Å²) in [6.07, 6.45) is 2.14. The Morgan fingerprint density at radius 2 is 1.90 bits per heavy atom. The van der Waals surface area contributed by atoms with Crippen molar-refractivity contribution in [3.63, 3.8) is 0 Å². The number of benzene rings is 1. The number of nitrogens with zero attached hydrogens (tertiary/aromatic N) is 1. The Hall–Kier alpha value is -2.02. The van der Waals surface area contributed by atoms with Crippen LogP contribution < -0.4 is 4.74 Å². The van der Waals surface area contributed by atoms with Crippen molar-refractivity contribution in [1.82, 2.24) is 5.16 Å². The molecule has 1 heterocycles. The van der Waals surface area contributed by atoms with Gasteiger partial charge in [-0.3, -0.25) is 0 Å². The number of para-hydroxylation sites is 1. The van der Waals surface area contributed by atoms with E-state index < -0.39 is 6.36 Å². The molecule has 1 unspecified atom stereocenters. The van der Waals surface area contributed by atoms with Crippen LogP contribution >= 0.6 is 0 Å². The lowest BCUT2D eigenvalue weighted by molar-refractivity contribution is -0.274. The number of alkyl halides is 3. The lowest BCUT2D eigenvalue weighted by Gasteiger charge is -2.28. The van der Waals surface area contributed by atoms with Gasteiger partial charge in [-0.25, -0.2) is 0 Å². The van der Waals surface area contributed by atoms with Crippen LogP contribution in [0.25, 0.3) is 11.3 Å². The van der Waals surface area contributed by atoms with Gasteiger partial charge in [0, 0.05) is 17.0 Å². The summed E-state index contributed by atoms with van der Waals surface area (Å²) in [4.78, 5) is 0. The van der Waals surface area contributed by atoms with Crippen LogP contribution in [0.3, 0.4) is 0 Å². The fourth-order valence-electron chi connectivity index (χ4n) is 5.35. The van der Waals surface area contributed by atoms with Gasteiger partial charge in [0.1, 0.15) is 17.2 Å². The van der Waals surface area contributed by atoms with Crippen LogP contribution in [-0.4, -0.2) is 17.6 Å². The van der Waals surface area contributed by atoms with E-state index in [-0.39, 0.29) is 23.3 Å². The molecule has 30 heavy (non-hydrogen) atoms. The molecule has 0 aliphatic heterocycles. The monoisotopic (exact) mass is 421 g/mol. The normalized spacial score (nSPS) is 28.7. The molecule has 2 aromatic rings. The summed E-state index contributed by atoms with van der Waals surface area (Å²) in [6.45, 7) is 2.64. The van der Waals surface area contributed by atoms with Crippen LogP contribution in [0.5, 0.6) is 5.75 Å². The van der Waals surface area contributed by atoms with Crippen LogP contribution in [0, 0.1) is 17.8 Å². The van der Waals surface area contributed by atoms with E-state index in [0.717, 1.165) is 54.8 Å². The summed E-state index contributed by atoms with van der Waals surface area (Å²) in [5, 5.41) is 4.15. The highest BCUT2D eigenvalue weighted by Crippen LogP contribution is 2.48. The fraction of sp³-hybridized carbons (Fsp3) is 0.609. The Morgan fingerprint density at radius 3 is 2.63 bits per heavy atom. The highest BCUT2D eigenvalue weighted by atomic mass is 19.4. The third-order valence-corrected chi connectivity index (χ3v) is 6.91. The molecule has 1 aromatic heterocycles. The molecule has 0 radical (unpaired) electrons. The molecule has 3 saturated carbocycles. The summed E-state index contributed by atoms with van der Waals surface area (Å²) in [6, 6.07) is 6.08. The molecule has 7 heteroatoms. The maximum Gasteiger partial charge on any atom is 0.573 e. The van der Waals surface area contributed by atoms with Crippen molar-refractivity contribution in [3.05, 3.63) is 35.6 Å². The summed E-state index contributed by atoms with van der Waals surface area (Å²) in [7, 11) is 0. The van der Waals surface area contributed by atoms with E-state index in [0.29, 0.717) is 12.3 Å². The predicted molar refractivity (Wildman–Crippen MR) is 104 cm³/mol. The van der Waals surface area contributed by atoms with Gasteiger partial charge in [0.25, 0.3) is 0 Å². The molecule has 5 rings (SSSR count). The van der Waals surface area contributed by atoms with Gasteiger partial charge in [-0.15, -0.1) is 13.2 Å². The standard InChI is InChI=1S/C23H26F3NO3/c1-13-8-14-9-16(13)11-17(10-14)28-12-19-21(27-30-22(19)15-6-7-15)18-4-2-3-5-20(18)29-23(24,25)26/h2-5,13-17H,6-12H2,1H3/t13-,14?,16+,17-/m1/s1. The van der Waals surface area contributed by atoms with Gasteiger partial charge in [0.2, 0.25) is 0 Å². The van der Waals surface area contributed by atoms with Crippen molar-refractivity contribution in [3.8, 4) is 17.0 Å². The smallest absolute Gasteiger partial charge is 0.405 e. The zero-order chi connectivity index (χ0) is 20.9. The first kappa shape index (κ1) is 19.9. The molecule has 3 fully saturated rings. The number of aromatic nitrogens is 1. The second-order valence-corrected chi connectivity index (χ2v) is 9.17. The van der Waals surface area contributed by atoms with E-state index >= 15 is 0 Å². The Morgan fingerprint density at radius 1 is 1.10 bits per heavy atom. The van der Waals surface area contributed by atoms with Gasteiger partial charge >= 0.3 is 6.36 Å². The van der Waals surface area contributed by atoms with Crippen LogP contribution in [0.2, 0.25) is 0 Å². The number of ether oxygens (including phenoxy) is 2. The third kappa shape index (κ3) is 4.09. The van der Waals surface area contributed by atoms with Crippen LogP contribution in [0.1, 0.15) is 62.7 Å². The topological polar surface area (TPSA) is 44.5 Å². The number of rotatable bonds is 6. The zero-order valence-corrected chi connectivity index (χ0v) is 17.0. The predicted octanol–water partition coefficient (Wildman–Crippen LogP) is 6.46. The van der Waals surface area contributed by atoms with Crippen LogP contribution in [0.15, 0.2) is 28.8 Å². The van der Waals surface area contributed by atoms with Gasteiger partial charge in [-0.1, -0.05) is 24.2 Å². The first-order valence-electron chi connectivity index (χ1n) is 10.8. The van der Waals surface area contributed by atoms with E-state index in [2.05, 4.69) is 16.8 Å². The Balaban J connectivity index is 1.40. The molecule has 3 aliphatic rings. The molecule has 4 atom stereocenters. The Bertz CT molecular complexity index is 903. The number of hydrogen-bond donors (Lipinski definition) is 0. The summed E-state index contributed by atoms with van der Waals surface area (Å²) >= 11 is 0. The second kappa shape index (κ2) is 7.59. The zero-order valence-electron chi connectivity index (χ0n) is 17.0. The molecule has 2 bridgehead atoms. The minimum Gasteiger partial charge on any atom is -0.405 e. The van der Waals surface area contributed by atoms with Crippen LogP contribution in [-0.2, 0) is 11.3 Å². The average molecular weight is 421 g/mol. The maximum atomic E-state index is 12.9. The Kier molecular flexibility index (Phi) is 5.04. The molecular formula is C23H26F3NO3. The van der Waals surface area contributed by atoms with Crippen molar-refractivity contribution < 1.29 is 27.2 Å². The molecular weight excluding hydrogens is 395 g/mol. The lowest BCUT2D eigenvalue weighted by Crippen LogP contribution is -2.24. The van der Waals surface area contributed by atoms with E-state index in [1.807, 2.05) is 0 Å². The molecule has 1 aromatic carbocycles. The largest absolute Gasteiger partial charge is 0.573 e. The number of fused-ring (bicyclic) bond motifs is 2. The first-order valence-corrected chi connectivity index (χ1v) is 10.8. The van der Waals surface area contributed by atoms with Gasteiger partial charge in [-0.05, 0) is 68.4 Å². The second-order valence-electron chi connectivity index (χ2n) is 9.17. The molecule has 3 aliphatic carbocycles. The lowest BCUT2D eigenvalue weighted by atomic mass is 9.85. The summed E-state index contributed by atoms with van der Waals surface area (Å²) < 4.78 is 54.8. The highest BCUT2D eigenvalue weighted by Gasteiger charge is 2.40. The van der Waals surface area contributed by atoms with E-state index in [1.54, 1.807) is 12.1 Å². The minimum absolute atomic E-state index is 0.190. The van der Waals surface area contributed by atoms with E-state index in [4.69, 9.17) is 9.26 Å². The quantitative estimate of drug-likeness (QED) is 0.537. The Labute approximate surface area is 173 Å². The highest BCUT2D eigenvalue weighted by molar-refractivity contribution is 5.70.